The smallest absolute Gasteiger partial charge is 0.252 e. The fourth-order valence-corrected chi connectivity index (χ4v) is 4.65. The first-order chi connectivity index (χ1) is 12.7. The fraction of sp³-hybridized carbons (Fsp3) is 0.450. The van der Waals surface area contributed by atoms with E-state index in [4.69, 9.17) is 9.47 Å². The molecule has 2 aliphatic rings. The van der Waals surface area contributed by atoms with Crippen LogP contribution in [0.25, 0.3) is 0 Å². The quantitative estimate of drug-likeness (QED) is 0.847. The lowest BCUT2D eigenvalue weighted by Gasteiger charge is -2.20. The van der Waals surface area contributed by atoms with Gasteiger partial charge < -0.3 is 14.8 Å². The van der Waals surface area contributed by atoms with E-state index in [1.54, 1.807) is 18.4 Å². The van der Waals surface area contributed by atoms with E-state index in [1.165, 1.54) is 5.56 Å². The Hall–Kier alpha value is -1.89. The van der Waals surface area contributed by atoms with Crippen LogP contribution >= 0.6 is 11.3 Å². The van der Waals surface area contributed by atoms with Crippen LogP contribution in [0.5, 0.6) is 5.75 Å². The average molecular weight is 372 g/mol. The van der Waals surface area contributed by atoms with Crippen LogP contribution in [0.15, 0.2) is 41.1 Å². The van der Waals surface area contributed by atoms with E-state index in [2.05, 4.69) is 16.3 Å². The molecule has 1 aromatic carbocycles. The number of likely N-dealkylation sites (tertiary alicyclic amines) is 1. The fourth-order valence-electron chi connectivity index (χ4n) is 4.01. The summed E-state index contributed by atoms with van der Waals surface area (Å²) in [5.74, 6) is 1.81. The Morgan fingerprint density at radius 3 is 3.04 bits per heavy atom. The molecule has 1 aromatic heterocycles. The Kier molecular flexibility index (Phi) is 5.24. The molecule has 138 valence electrons. The molecule has 1 N–H and O–H groups in total. The van der Waals surface area contributed by atoms with Crippen molar-refractivity contribution in [2.24, 2.45) is 11.8 Å². The normalized spacial score (nSPS) is 25.2. The molecule has 2 fully saturated rings. The van der Waals surface area contributed by atoms with Crippen LogP contribution in [0.3, 0.4) is 0 Å². The minimum atomic E-state index is 0.0126. The molecular weight excluding hydrogens is 348 g/mol. The third-order valence-electron chi connectivity index (χ3n) is 5.41. The second-order valence-corrected chi connectivity index (χ2v) is 7.80. The van der Waals surface area contributed by atoms with E-state index < -0.39 is 0 Å². The number of hydrogen-bond acceptors (Lipinski definition) is 5. The molecule has 0 bridgehead atoms. The number of carbonyl (C=O) groups excluding carboxylic acids is 1. The van der Waals surface area contributed by atoms with Crippen LogP contribution in [0, 0.1) is 11.8 Å². The predicted molar refractivity (Wildman–Crippen MR) is 102 cm³/mol. The largest absolute Gasteiger partial charge is 0.496 e. The number of rotatable bonds is 6. The van der Waals surface area contributed by atoms with Crippen LogP contribution in [-0.4, -0.2) is 50.3 Å². The molecule has 0 saturated carbocycles. The zero-order valence-electron chi connectivity index (χ0n) is 14.9. The molecule has 3 atom stereocenters. The standard InChI is InChI=1S/C20H24N2O3S/c1-24-18-5-3-2-4-14(18)9-22-10-17-16(12-25-19(17)11-22)8-21-20(23)15-6-7-26-13-15/h2-7,13,16-17,19H,8-12H2,1H3,(H,21,23)/t16-,17+,19+/m1/s1. The molecule has 5 nitrogen and oxygen atoms in total. The minimum absolute atomic E-state index is 0.0126. The Morgan fingerprint density at radius 1 is 1.35 bits per heavy atom. The van der Waals surface area contributed by atoms with Gasteiger partial charge in [0, 0.05) is 54.5 Å². The van der Waals surface area contributed by atoms with E-state index >= 15 is 0 Å². The van der Waals surface area contributed by atoms with Gasteiger partial charge in [0.05, 0.1) is 19.8 Å². The molecule has 4 rings (SSSR count). The second kappa shape index (κ2) is 7.78. The van der Waals surface area contributed by atoms with E-state index in [1.807, 2.05) is 35.0 Å². The number of thiophene rings is 1. The molecule has 0 radical (unpaired) electrons. The van der Waals surface area contributed by atoms with Gasteiger partial charge in [0.15, 0.2) is 0 Å². The number of nitrogens with zero attached hydrogens (tertiary/aromatic N) is 1. The molecule has 26 heavy (non-hydrogen) atoms. The summed E-state index contributed by atoms with van der Waals surface area (Å²) in [6, 6.07) is 10.0. The van der Waals surface area contributed by atoms with Crippen molar-refractivity contribution in [1.29, 1.82) is 0 Å². The maximum Gasteiger partial charge on any atom is 0.252 e. The first-order valence-electron chi connectivity index (χ1n) is 9.01. The van der Waals surface area contributed by atoms with Gasteiger partial charge in [-0.3, -0.25) is 9.69 Å². The summed E-state index contributed by atoms with van der Waals surface area (Å²) in [5.41, 5.74) is 1.95. The van der Waals surface area contributed by atoms with Gasteiger partial charge in [-0.1, -0.05) is 18.2 Å². The van der Waals surface area contributed by atoms with E-state index in [-0.39, 0.29) is 12.0 Å². The number of nitrogens with one attached hydrogen (secondary N) is 1. The Morgan fingerprint density at radius 2 is 2.23 bits per heavy atom. The summed E-state index contributed by atoms with van der Waals surface area (Å²) in [6.45, 7) is 4.23. The van der Waals surface area contributed by atoms with Crippen molar-refractivity contribution >= 4 is 17.2 Å². The number of carbonyl (C=O) groups is 1. The maximum atomic E-state index is 12.2. The van der Waals surface area contributed by atoms with Gasteiger partial charge >= 0.3 is 0 Å². The molecule has 6 heteroatoms. The van der Waals surface area contributed by atoms with Crippen LogP contribution in [0.2, 0.25) is 0 Å². The van der Waals surface area contributed by atoms with E-state index in [9.17, 15) is 4.79 Å². The predicted octanol–water partition coefficient (Wildman–Crippen LogP) is 2.63. The molecule has 0 unspecified atom stereocenters. The lowest BCUT2D eigenvalue weighted by Crippen LogP contribution is -2.34. The number of ether oxygens (including phenoxy) is 2. The molecule has 3 heterocycles. The number of hydrogen-bond donors (Lipinski definition) is 1. The Labute approximate surface area is 157 Å². The first kappa shape index (κ1) is 17.5. The summed E-state index contributed by atoms with van der Waals surface area (Å²) in [7, 11) is 1.72. The van der Waals surface area contributed by atoms with Crippen molar-refractivity contribution in [3.05, 3.63) is 52.2 Å². The number of methoxy groups -OCH3 is 1. The highest BCUT2D eigenvalue weighted by molar-refractivity contribution is 7.08. The summed E-state index contributed by atoms with van der Waals surface area (Å²) < 4.78 is 11.5. The van der Waals surface area contributed by atoms with Crippen LogP contribution < -0.4 is 10.1 Å². The molecular formula is C20H24N2O3S. The third kappa shape index (κ3) is 3.63. The minimum Gasteiger partial charge on any atom is -0.496 e. The van der Waals surface area contributed by atoms with Crippen molar-refractivity contribution in [3.8, 4) is 5.75 Å². The summed E-state index contributed by atoms with van der Waals surface area (Å²) >= 11 is 1.54. The second-order valence-electron chi connectivity index (χ2n) is 7.02. The highest BCUT2D eigenvalue weighted by atomic mass is 32.1. The number of para-hydroxylation sites is 1. The molecule has 2 aromatic rings. The van der Waals surface area contributed by atoms with Crippen molar-refractivity contribution < 1.29 is 14.3 Å². The average Bonchev–Trinajstić information content (AvgIpc) is 3.38. The van der Waals surface area contributed by atoms with E-state index in [0.717, 1.165) is 37.6 Å². The zero-order valence-corrected chi connectivity index (χ0v) is 15.7. The third-order valence-corrected chi connectivity index (χ3v) is 6.09. The molecule has 1 amide bonds. The van der Waals surface area contributed by atoms with Crippen molar-refractivity contribution in [2.45, 2.75) is 12.6 Å². The lowest BCUT2D eigenvalue weighted by molar-refractivity contribution is 0.0903. The Bertz CT molecular complexity index is 749. The van der Waals surface area contributed by atoms with Gasteiger partial charge in [-0.15, -0.1) is 0 Å². The van der Waals surface area contributed by atoms with Crippen molar-refractivity contribution in [1.82, 2.24) is 10.2 Å². The van der Waals surface area contributed by atoms with Gasteiger partial charge in [-0.25, -0.2) is 0 Å². The van der Waals surface area contributed by atoms with Gasteiger partial charge in [0.1, 0.15) is 5.75 Å². The van der Waals surface area contributed by atoms with Gasteiger partial charge in [0.25, 0.3) is 5.91 Å². The van der Waals surface area contributed by atoms with Gasteiger partial charge in [-0.05, 0) is 17.5 Å². The molecule has 0 aliphatic carbocycles. The molecule has 2 aliphatic heterocycles. The number of fused-ring (bicyclic) bond motifs is 1. The van der Waals surface area contributed by atoms with Crippen LogP contribution in [0.1, 0.15) is 15.9 Å². The zero-order chi connectivity index (χ0) is 17.9. The number of amides is 1. The highest BCUT2D eigenvalue weighted by Gasteiger charge is 2.43. The monoisotopic (exact) mass is 372 g/mol. The van der Waals surface area contributed by atoms with E-state index in [0.29, 0.717) is 18.4 Å². The molecule has 0 spiro atoms. The SMILES string of the molecule is COc1ccccc1CN1C[C@H]2[C@H](CNC(=O)c3ccsc3)CO[C@H]2C1. The first-order valence-corrected chi connectivity index (χ1v) is 9.95. The maximum absolute atomic E-state index is 12.2. The highest BCUT2D eigenvalue weighted by Crippen LogP contribution is 2.34. The van der Waals surface area contributed by atoms with Crippen LogP contribution in [0.4, 0.5) is 0 Å². The summed E-state index contributed by atoms with van der Waals surface area (Å²) in [5, 5.41) is 6.88. The topological polar surface area (TPSA) is 50.8 Å². The summed E-state index contributed by atoms with van der Waals surface area (Å²) in [4.78, 5) is 14.6. The Balaban J connectivity index is 1.33. The summed E-state index contributed by atoms with van der Waals surface area (Å²) in [6.07, 6.45) is 0.271. The van der Waals surface area contributed by atoms with Crippen LogP contribution in [-0.2, 0) is 11.3 Å². The van der Waals surface area contributed by atoms with Gasteiger partial charge in [0.2, 0.25) is 0 Å². The van der Waals surface area contributed by atoms with Crippen molar-refractivity contribution in [2.75, 3.05) is 33.4 Å². The lowest BCUT2D eigenvalue weighted by atomic mass is 9.93. The van der Waals surface area contributed by atoms with Crippen molar-refractivity contribution in [3.63, 3.8) is 0 Å². The van der Waals surface area contributed by atoms with Gasteiger partial charge in [-0.2, -0.15) is 11.3 Å². The molecule has 2 saturated heterocycles. The number of benzene rings is 1.